The van der Waals surface area contributed by atoms with Crippen LogP contribution in [0.1, 0.15) is 45.9 Å². The minimum atomic E-state index is -0.00709. The fraction of sp³-hybridized carbons (Fsp3) is 0.238. The van der Waals surface area contributed by atoms with Gasteiger partial charge in [0.15, 0.2) is 0 Å². The van der Waals surface area contributed by atoms with Gasteiger partial charge in [-0.2, -0.15) is 5.10 Å². The highest BCUT2D eigenvalue weighted by molar-refractivity contribution is 5.94. The molecule has 0 radical (unpaired) electrons. The Balaban J connectivity index is 1.45. The van der Waals surface area contributed by atoms with Crippen molar-refractivity contribution in [3.8, 4) is 0 Å². The van der Waals surface area contributed by atoms with Gasteiger partial charge >= 0.3 is 0 Å². The van der Waals surface area contributed by atoms with E-state index in [9.17, 15) is 4.79 Å². The van der Waals surface area contributed by atoms with E-state index in [0.717, 1.165) is 24.8 Å². The Kier molecular flexibility index (Phi) is 4.34. The Hall–Kier alpha value is -2.88. The predicted octanol–water partition coefficient (Wildman–Crippen LogP) is 3.74. The van der Waals surface area contributed by atoms with Gasteiger partial charge in [-0.3, -0.25) is 9.48 Å². The van der Waals surface area contributed by atoms with E-state index in [1.54, 1.807) is 6.20 Å². The van der Waals surface area contributed by atoms with Gasteiger partial charge in [-0.05, 0) is 54.2 Å². The van der Waals surface area contributed by atoms with Gasteiger partial charge in [0.2, 0.25) is 0 Å². The molecule has 0 aliphatic heterocycles. The summed E-state index contributed by atoms with van der Waals surface area (Å²) in [6.07, 6.45) is 6.92. The highest BCUT2D eigenvalue weighted by atomic mass is 16.1. The molecule has 1 aromatic heterocycles. The number of hydrogen-bond acceptors (Lipinski definition) is 2. The van der Waals surface area contributed by atoms with Crippen molar-refractivity contribution in [3.63, 3.8) is 0 Å². The van der Waals surface area contributed by atoms with Crippen molar-refractivity contribution in [2.45, 2.75) is 31.8 Å². The number of fused-ring (bicyclic) bond motifs is 1. The molecule has 1 atom stereocenters. The summed E-state index contributed by atoms with van der Waals surface area (Å²) >= 11 is 0. The number of carbonyl (C=O) groups is 1. The van der Waals surface area contributed by atoms with Gasteiger partial charge in [0.05, 0.1) is 12.6 Å². The molecule has 4 rings (SSSR count). The number of aromatic nitrogens is 2. The molecule has 3 aromatic rings. The van der Waals surface area contributed by atoms with E-state index in [0.29, 0.717) is 12.1 Å². The van der Waals surface area contributed by atoms with Crippen molar-refractivity contribution in [3.05, 3.63) is 89.2 Å². The molecule has 126 valence electrons. The van der Waals surface area contributed by atoms with Crippen LogP contribution >= 0.6 is 0 Å². The third-order valence-electron chi connectivity index (χ3n) is 4.79. The normalized spacial score (nSPS) is 16.2. The van der Waals surface area contributed by atoms with Crippen LogP contribution in [-0.4, -0.2) is 15.7 Å². The van der Waals surface area contributed by atoms with Gasteiger partial charge in [0, 0.05) is 18.0 Å². The Labute approximate surface area is 147 Å². The fourth-order valence-corrected chi connectivity index (χ4v) is 3.49. The molecule has 2 aromatic carbocycles. The van der Waals surface area contributed by atoms with Gasteiger partial charge in [-0.15, -0.1) is 0 Å². The quantitative estimate of drug-likeness (QED) is 0.792. The zero-order chi connectivity index (χ0) is 17.1. The average Bonchev–Trinajstić information content (AvgIpc) is 3.16. The van der Waals surface area contributed by atoms with E-state index in [1.165, 1.54) is 11.1 Å². The van der Waals surface area contributed by atoms with Crippen LogP contribution in [0, 0.1) is 0 Å². The minimum absolute atomic E-state index is 0.00709. The molecule has 1 amide bonds. The van der Waals surface area contributed by atoms with Crippen molar-refractivity contribution < 1.29 is 4.79 Å². The van der Waals surface area contributed by atoms with Gasteiger partial charge in [-0.1, -0.05) is 36.4 Å². The maximum Gasteiger partial charge on any atom is 0.251 e. The van der Waals surface area contributed by atoms with Crippen LogP contribution in [0.2, 0.25) is 0 Å². The molecule has 1 unspecified atom stereocenters. The molecule has 0 spiro atoms. The molecule has 4 heteroatoms. The van der Waals surface area contributed by atoms with Crippen molar-refractivity contribution in [1.29, 1.82) is 0 Å². The zero-order valence-electron chi connectivity index (χ0n) is 14.1. The Morgan fingerprint density at radius 1 is 1.12 bits per heavy atom. The smallest absolute Gasteiger partial charge is 0.251 e. The number of rotatable bonds is 4. The molecule has 4 nitrogen and oxygen atoms in total. The fourth-order valence-electron chi connectivity index (χ4n) is 3.49. The lowest BCUT2D eigenvalue weighted by atomic mass is 9.87. The summed E-state index contributed by atoms with van der Waals surface area (Å²) in [6, 6.07) is 18.2. The predicted molar refractivity (Wildman–Crippen MR) is 97.4 cm³/mol. The second-order valence-electron chi connectivity index (χ2n) is 6.52. The molecule has 0 saturated heterocycles. The molecule has 1 aliphatic rings. The van der Waals surface area contributed by atoms with E-state index in [1.807, 2.05) is 47.3 Å². The third kappa shape index (κ3) is 3.48. The first-order valence-electron chi connectivity index (χ1n) is 8.74. The van der Waals surface area contributed by atoms with Crippen LogP contribution < -0.4 is 5.32 Å². The number of nitrogens with zero attached hydrogens (tertiary/aromatic N) is 2. The van der Waals surface area contributed by atoms with Crippen LogP contribution in [-0.2, 0) is 13.0 Å². The highest BCUT2D eigenvalue weighted by Gasteiger charge is 2.21. The summed E-state index contributed by atoms with van der Waals surface area (Å²) in [7, 11) is 0. The Morgan fingerprint density at radius 2 is 1.96 bits per heavy atom. The third-order valence-corrected chi connectivity index (χ3v) is 4.79. The molecular weight excluding hydrogens is 310 g/mol. The minimum Gasteiger partial charge on any atom is -0.345 e. The summed E-state index contributed by atoms with van der Waals surface area (Å²) in [5, 5.41) is 7.41. The van der Waals surface area contributed by atoms with Crippen molar-refractivity contribution in [1.82, 2.24) is 15.1 Å². The van der Waals surface area contributed by atoms with Crippen molar-refractivity contribution >= 4 is 5.91 Å². The first-order valence-corrected chi connectivity index (χ1v) is 8.74. The summed E-state index contributed by atoms with van der Waals surface area (Å²) in [6.45, 7) is 0.713. The van der Waals surface area contributed by atoms with E-state index < -0.39 is 0 Å². The maximum absolute atomic E-state index is 12.6. The molecule has 0 fully saturated rings. The monoisotopic (exact) mass is 331 g/mol. The second kappa shape index (κ2) is 6.93. The number of carbonyl (C=O) groups excluding carboxylic acids is 1. The first kappa shape index (κ1) is 15.6. The average molecular weight is 331 g/mol. The van der Waals surface area contributed by atoms with Crippen LogP contribution in [0.4, 0.5) is 0 Å². The molecule has 0 bridgehead atoms. The Morgan fingerprint density at radius 3 is 2.76 bits per heavy atom. The van der Waals surface area contributed by atoms with E-state index >= 15 is 0 Å². The van der Waals surface area contributed by atoms with Gasteiger partial charge in [0.1, 0.15) is 0 Å². The summed E-state index contributed by atoms with van der Waals surface area (Å²) in [4.78, 5) is 12.6. The summed E-state index contributed by atoms with van der Waals surface area (Å²) in [5.41, 5.74) is 4.45. The number of nitrogens with one attached hydrogen (secondary N) is 1. The number of hydrogen-bond donors (Lipinski definition) is 1. The SMILES string of the molecule is O=C(NC1CCCc2ccccc21)c1ccc(Cn2cccn2)cc1. The Bertz CT molecular complexity index is 853. The standard InChI is InChI=1S/C21H21N3O/c25-21(23-20-8-3-6-17-5-1-2-7-19(17)20)18-11-9-16(10-12-18)15-24-14-4-13-22-24/h1-2,4-5,7,9-14,20H,3,6,8,15H2,(H,23,25). The van der Waals surface area contributed by atoms with Crippen molar-refractivity contribution in [2.75, 3.05) is 0 Å². The highest BCUT2D eigenvalue weighted by Crippen LogP contribution is 2.29. The van der Waals surface area contributed by atoms with E-state index in [2.05, 4.69) is 28.6 Å². The topological polar surface area (TPSA) is 46.9 Å². The molecular formula is C21H21N3O. The molecule has 1 heterocycles. The van der Waals surface area contributed by atoms with E-state index in [4.69, 9.17) is 0 Å². The summed E-state index contributed by atoms with van der Waals surface area (Å²) in [5.74, 6) is -0.00709. The number of benzene rings is 2. The second-order valence-corrected chi connectivity index (χ2v) is 6.52. The van der Waals surface area contributed by atoms with Gasteiger partial charge < -0.3 is 5.32 Å². The van der Waals surface area contributed by atoms with Crippen LogP contribution in [0.3, 0.4) is 0 Å². The molecule has 25 heavy (non-hydrogen) atoms. The summed E-state index contributed by atoms with van der Waals surface area (Å²) < 4.78 is 1.87. The lowest BCUT2D eigenvalue weighted by Gasteiger charge is -2.26. The maximum atomic E-state index is 12.6. The van der Waals surface area contributed by atoms with Crippen LogP contribution in [0.15, 0.2) is 67.0 Å². The largest absolute Gasteiger partial charge is 0.345 e. The zero-order valence-corrected chi connectivity index (χ0v) is 14.1. The molecule has 0 saturated carbocycles. The molecule has 1 aliphatic carbocycles. The van der Waals surface area contributed by atoms with Gasteiger partial charge in [0.25, 0.3) is 5.91 Å². The molecule has 1 N–H and O–H groups in total. The van der Waals surface area contributed by atoms with Crippen LogP contribution in [0.25, 0.3) is 0 Å². The lowest BCUT2D eigenvalue weighted by Crippen LogP contribution is -2.30. The van der Waals surface area contributed by atoms with Crippen molar-refractivity contribution in [2.24, 2.45) is 0 Å². The number of aryl methyl sites for hydroxylation is 1. The lowest BCUT2D eigenvalue weighted by molar-refractivity contribution is 0.0932. The van der Waals surface area contributed by atoms with Gasteiger partial charge in [-0.25, -0.2) is 0 Å². The first-order chi connectivity index (χ1) is 12.3. The number of amides is 1. The van der Waals surface area contributed by atoms with E-state index in [-0.39, 0.29) is 11.9 Å². The van der Waals surface area contributed by atoms with Crippen LogP contribution in [0.5, 0.6) is 0 Å².